The van der Waals surface area contributed by atoms with Gasteiger partial charge in [0, 0.05) is 18.7 Å². The Morgan fingerprint density at radius 1 is 1.12 bits per heavy atom. The molecule has 2 aromatic rings. The molecule has 0 radical (unpaired) electrons. The lowest BCUT2D eigenvalue weighted by atomic mass is 10.1. The zero-order valence-electron chi connectivity index (χ0n) is 15.0. The molecule has 0 bridgehead atoms. The van der Waals surface area contributed by atoms with Gasteiger partial charge in [0.25, 0.3) is 0 Å². The number of rotatable bonds is 4. The number of nitrogens with one attached hydrogen (secondary N) is 1. The number of hydrogen-bond donors (Lipinski definition) is 1. The minimum absolute atomic E-state index is 0.0116. The van der Waals surface area contributed by atoms with Gasteiger partial charge in [0.2, 0.25) is 11.8 Å². The van der Waals surface area contributed by atoms with Crippen LogP contribution in [0.15, 0.2) is 48.5 Å². The van der Waals surface area contributed by atoms with Crippen LogP contribution < -0.4 is 10.2 Å². The molecule has 1 saturated heterocycles. The average molecular weight is 336 g/mol. The molecule has 4 heteroatoms. The fourth-order valence-electron chi connectivity index (χ4n) is 3.40. The molecular formula is C21H24N2O2. The average Bonchev–Trinajstić information content (AvgIpc) is 2.97. The molecule has 1 fully saturated rings. The number of anilines is 1. The molecule has 25 heavy (non-hydrogen) atoms. The highest BCUT2D eigenvalue weighted by Gasteiger charge is 2.35. The Hall–Kier alpha value is -2.62. The minimum Gasteiger partial charge on any atom is -0.349 e. The molecule has 0 aliphatic carbocycles. The van der Waals surface area contributed by atoms with E-state index in [1.165, 1.54) is 0 Å². The van der Waals surface area contributed by atoms with Crippen LogP contribution in [0.2, 0.25) is 0 Å². The maximum absolute atomic E-state index is 12.6. The summed E-state index contributed by atoms with van der Waals surface area (Å²) in [4.78, 5) is 26.7. The first kappa shape index (κ1) is 17.2. The molecule has 0 aromatic heterocycles. The second-order valence-corrected chi connectivity index (χ2v) is 6.89. The maximum Gasteiger partial charge on any atom is 0.227 e. The SMILES string of the molecule is Cc1cc(C)cc(N2C[C@@H](C(=O)N[C@@H](C)c3ccccc3)CC2=O)c1. The van der Waals surface area contributed by atoms with E-state index in [1.54, 1.807) is 4.90 Å². The van der Waals surface area contributed by atoms with Gasteiger partial charge in [0.05, 0.1) is 12.0 Å². The van der Waals surface area contributed by atoms with Crippen molar-refractivity contribution in [1.82, 2.24) is 5.32 Å². The molecule has 0 saturated carbocycles. The van der Waals surface area contributed by atoms with Crippen LogP contribution in [0.5, 0.6) is 0 Å². The highest BCUT2D eigenvalue weighted by Crippen LogP contribution is 2.27. The van der Waals surface area contributed by atoms with Crippen molar-refractivity contribution in [2.45, 2.75) is 33.2 Å². The monoisotopic (exact) mass is 336 g/mol. The number of carbonyl (C=O) groups excluding carboxylic acids is 2. The van der Waals surface area contributed by atoms with E-state index in [9.17, 15) is 9.59 Å². The van der Waals surface area contributed by atoms with Crippen molar-refractivity contribution in [1.29, 1.82) is 0 Å². The van der Waals surface area contributed by atoms with E-state index in [4.69, 9.17) is 0 Å². The molecule has 4 nitrogen and oxygen atoms in total. The van der Waals surface area contributed by atoms with Gasteiger partial charge in [0.15, 0.2) is 0 Å². The van der Waals surface area contributed by atoms with Crippen LogP contribution in [0, 0.1) is 19.8 Å². The van der Waals surface area contributed by atoms with Crippen molar-refractivity contribution >= 4 is 17.5 Å². The lowest BCUT2D eigenvalue weighted by molar-refractivity contribution is -0.126. The van der Waals surface area contributed by atoms with Crippen LogP contribution in [-0.4, -0.2) is 18.4 Å². The minimum atomic E-state index is -0.306. The van der Waals surface area contributed by atoms with Crippen molar-refractivity contribution in [3.05, 3.63) is 65.2 Å². The highest BCUT2D eigenvalue weighted by molar-refractivity contribution is 6.00. The van der Waals surface area contributed by atoms with E-state index in [2.05, 4.69) is 11.4 Å². The summed E-state index contributed by atoms with van der Waals surface area (Å²) in [6.07, 6.45) is 0.264. The standard InChI is InChI=1S/C21H24N2O2/c1-14-9-15(2)11-19(10-14)23-13-18(12-20(23)24)21(25)22-16(3)17-7-5-4-6-8-17/h4-11,16,18H,12-13H2,1-3H3,(H,22,25)/t16-,18-/m0/s1. The number of benzene rings is 2. The zero-order valence-corrected chi connectivity index (χ0v) is 15.0. The molecule has 1 aliphatic heterocycles. The largest absolute Gasteiger partial charge is 0.349 e. The maximum atomic E-state index is 12.6. The second-order valence-electron chi connectivity index (χ2n) is 6.89. The fraction of sp³-hybridized carbons (Fsp3) is 0.333. The third-order valence-electron chi connectivity index (χ3n) is 4.67. The van der Waals surface area contributed by atoms with E-state index >= 15 is 0 Å². The number of aryl methyl sites for hydroxylation is 2. The Kier molecular flexibility index (Phi) is 4.88. The number of hydrogen-bond acceptors (Lipinski definition) is 2. The molecular weight excluding hydrogens is 312 g/mol. The summed E-state index contributed by atoms with van der Waals surface area (Å²) >= 11 is 0. The van der Waals surface area contributed by atoms with Gasteiger partial charge in [-0.15, -0.1) is 0 Å². The van der Waals surface area contributed by atoms with Gasteiger partial charge in [-0.2, -0.15) is 0 Å². The Balaban J connectivity index is 1.68. The van der Waals surface area contributed by atoms with Gasteiger partial charge in [-0.25, -0.2) is 0 Å². The van der Waals surface area contributed by atoms with E-state index in [-0.39, 0.29) is 30.2 Å². The van der Waals surface area contributed by atoms with Crippen molar-refractivity contribution in [3.8, 4) is 0 Å². The normalized spacial score (nSPS) is 18.3. The summed E-state index contributed by atoms with van der Waals surface area (Å²) in [5.41, 5.74) is 4.18. The summed E-state index contributed by atoms with van der Waals surface area (Å²) in [7, 11) is 0. The fourth-order valence-corrected chi connectivity index (χ4v) is 3.40. The van der Waals surface area contributed by atoms with Gasteiger partial charge in [-0.3, -0.25) is 9.59 Å². The topological polar surface area (TPSA) is 49.4 Å². The smallest absolute Gasteiger partial charge is 0.227 e. The molecule has 0 unspecified atom stereocenters. The second kappa shape index (κ2) is 7.09. The van der Waals surface area contributed by atoms with Crippen molar-refractivity contribution in [2.75, 3.05) is 11.4 Å². The third-order valence-corrected chi connectivity index (χ3v) is 4.67. The lowest BCUT2D eigenvalue weighted by Gasteiger charge is -2.19. The van der Waals surface area contributed by atoms with E-state index < -0.39 is 0 Å². The van der Waals surface area contributed by atoms with Crippen molar-refractivity contribution < 1.29 is 9.59 Å². The molecule has 0 spiro atoms. The quantitative estimate of drug-likeness (QED) is 0.928. The summed E-state index contributed by atoms with van der Waals surface area (Å²) in [5.74, 6) is -0.353. The molecule has 2 atom stereocenters. The van der Waals surface area contributed by atoms with Crippen LogP contribution in [0.4, 0.5) is 5.69 Å². The Bertz CT molecular complexity index is 765. The number of carbonyl (C=O) groups is 2. The molecule has 3 rings (SSSR count). The van der Waals surface area contributed by atoms with Gasteiger partial charge in [-0.1, -0.05) is 36.4 Å². The summed E-state index contributed by atoms with van der Waals surface area (Å²) in [6.45, 7) is 6.44. The number of nitrogens with zero attached hydrogens (tertiary/aromatic N) is 1. The van der Waals surface area contributed by atoms with E-state index in [0.29, 0.717) is 6.54 Å². The molecule has 1 N–H and O–H groups in total. The van der Waals surface area contributed by atoms with Gasteiger partial charge < -0.3 is 10.2 Å². The first-order valence-electron chi connectivity index (χ1n) is 8.68. The summed E-state index contributed by atoms with van der Waals surface area (Å²) in [6, 6.07) is 15.9. The number of amides is 2. The van der Waals surface area contributed by atoms with Crippen LogP contribution in [0.3, 0.4) is 0 Å². The van der Waals surface area contributed by atoms with Crippen molar-refractivity contribution in [2.24, 2.45) is 5.92 Å². The molecule has 1 heterocycles. The Morgan fingerprint density at radius 3 is 2.40 bits per heavy atom. The summed E-state index contributed by atoms with van der Waals surface area (Å²) < 4.78 is 0. The zero-order chi connectivity index (χ0) is 18.0. The Morgan fingerprint density at radius 2 is 1.76 bits per heavy atom. The lowest BCUT2D eigenvalue weighted by Crippen LogP contribution is -2.34. The van der Waals surface area contributed by atoms with Gasteiger partial charge in [-0.05, 0) is 49.6 Å². The first-order valence-corrected chi connectivity index (χ1v) is 8.68. The van der Waals surface area contributed by atoms with Gasteiger partial charge >= 0.3 is 0 Å². The highest BCUT2D eigenvalue weighted by atomic mass is 16.2. The third kappa shape index (κ3) is 3.90. The first-order chi connectivity index (χ1) is 11.9. The summed E-state index contributed by atoms with van der Waals surface area (Å²) in [5, 5.41) is 3.04. The van der Waals surface area contributed by atoms with E-state index in [1.807, 2.05) is 63.2 Å². The molecule has 130 valence electrons. The van der Waals surface area contributed by atoms with Crippen LogP contribution in [0.1, 0.15) is 36.1 Å². The molecule has 1 aliphatic rings. The van der Waals surface area contributed by atoms with Crippen LogP contribution in [0.25, 0.3) is 0 Å². The van der Waals surface area contributed by atoms with Gasteiger partial charge in [0.1, 0.15) is 0 Å². The Labute approximate surface area is 148 Å². The predicted octanol–water partition coefficient (Wildman–Crippen LogP) is 3.53. The molecule has 2 amide bonds. The van der Waals surface area contributed by atoms with Crippen LogP contribution >= 0.6 is 0 Å². The van der Waals surface area contributed by atoms with E-state index in [0.717, 1.165) is 22.4 Å². The van der Waals surface area contributed by atoms with Crippen molar-refractivity contribution in [3.63, 3.8) is 0 Å². The van der Waals surface area contributed by atoms with Crippen LogP contribution in [-0.2, 0) is 9.59 Å². The molecule has 2 aromatic carbocycles. The predicted molar refractivity (Wildman–Crippen MR) is 99.4 cm³/mol.